The molecular formula is C24H24F2N4O2. The van der Waals surface area contributed by atoms with Crippen molar-refractivity contribution >= 4 is 11.7 Å². The Balaban J connectivity index is 1.23. The number of fused-ring (bicyclic) bond motifs is 2. The largest absolute Gasteiger partial charge is 0.360 e. The molecule has 2 bridgehead atoms. The number of carbonyl (C=O) groups is 1. The second-order valence-corrected chi connectivity index (χ2v) is 8.87. The molecule has 1 aromatic carbocycles. The van der Waals surface area contributed by atoms with Crippen molar-refractivity contribution in [3.8, 4) is 6.07 Å². The Morgan fingerprint density at radius 1 is 1.16 bits per heavy atom. The first-order valence-electron chi connectivity index (χ1n) is 11.0. The van der Waals surface area contributed by atoms with E-state index in [4.69, 9.17) is 10.00 Å². The molecule has 0 spiro atoms. The highest BCUT2D eigenvalue weighted by Gasteiger charge is 2.44. The van der Waals surface area contributed by atoms with E-state index in [1.54, 1.807) is 18.3 Å². The van der Waals surface area contributed by atoms with E-state index in [1.165, 1.54) is 6.07 Å². The van der Waals surface area contributed by atoms with Crippen molar-refractivity contribution < 1.29 is 18.3 Å². The zero-order valence-electron chi connectivity index (χ0n) is 17.6. The number of piperazine rings is 1. The predicted molar refractivity (Wildman–Crippen MR) is 113 cm³/mol. The van der Waals surface area contributed by atoms with Crippen LogP contribution in [0, 0.1) is 23.0 Å². The summed E-state index contributed by atoms with van der Waals surface area (Å²) in [5.41, 5.74) is 0.405. The molecule has 2 aromatic rings. The molecule has 0 radical (unpaired) electrons. The lowest BCUT2D eigenvalue weighted by molar-refractivity contribution is -0.154. The van der Waals surface area contributed by atoms with Crippen LogP contribution in [0.5, 0.6) is 0 Å². The highest BCUT2D eigenvalue weighted by Crippen LogP contribution is 2.45. The number of pyridine rings is 1. The molecule has 3 heterocycles. The van der Waals surface area contributed by atoms with Crippen molar-refractivity contribution in [3.05, 3.63) is 59.3 Å². The van der Waals surface area contributed by atoms with Crippen LogP contribution in [0.4, 0.5) is 14.6 Å². The average molecular weight is 438 g/mol. The van der Waals surface area contributed by atoms with Gasteiger partial charge in [-0.3, -0.25) is 4.79 Å². The summed E-state index contributed by atoms with van der Waals surface area (Å²) in [6.45, 7) is 1.12. The highest BCUT2D eigenvalue weighted by molar-refractivity contribution is 5.78. The number of ether oxygens (including phenoxy) is 1. The number of hydrogen-bond donors (Lipinski definition) is 0. The summed E-state index contributed by atoms with van der Waals surface area (Å²) in [4.78, 5) is 21.5. The Morgan fingerprint density at radius 3 is 2.47 bits per heavy atom. The maximum Gasteiger partial charge on any atom is 0.248 e. The number of hydrogen-bond acceptors (Lipinski definition) is 5. The summed E-state index contributed by atoms with van der Waals surface area (Å²) < 4.78 is 33.1. The Labute approximate surface area is 185 Å². The first-order valence-corrected chi connectivity index (χ1v) is 11.0. The van der Waals surface area contributed by atoms with Crippen LogP contribution in [0.15, 0.2) is 36.5 Å². The van der Waals surface area contributed by atoms with Crippen molar-refractivity contribution in [3.63, 3.8) is 0 Å². The molecule has 6 nitrogen and oxygen atoms in total. The normalized spacial score (nSPS) is 23.5. The van der Waals surface area contributed by atoms with Gasteiger partial charge in [0.15, 0.2) is 11.6 Å². The van der Waals surface area contributed by atoms with E-state index < -0.39 is 17.2 Å². The standard InChI is InChI=1S/C24H24F2N4O2/c25-20-6-3-17(10-21(20)26)24(8-1-9-24)32-15-23(31)29-13-18-4-5-19(14-29)30(18)22-7-2-16(11-27)12-28-22/h2-3,6-7,10,12,18-19H,1,4-5,8-9,13-15H2/t18-,19?/m0/s1. The fraction of sp³-hybridized carbons (Fsp3) is 0.458. The van der Waals surface area contributed by atoms with E-state index in [2.05, 4.69) is 16.0 Å². The molecule has 1 saturated carbocycles. The van der Waals surface area contributed by atoms with Gasteiger partial charge in [-0.1, -0.05) is 6.07 Å². The van der Waals surface area contributed by atoms with Crippen LogP contribution in [-0.4, -0.2) is 47.6 Å². The minimum atomic E-state index is -0.896. The number of nitriles is 1. The Morgan fingerprint density at radius 2 is 1.91 bits per heavy atom. The van der Waals surface area contributed by atoms with E-state index in [9.17, 15) is 13.6 Å². The lowest BCUT2D eigenvalue weighted by Crippen LogP contribution is -2.56. The Kier molecular flexibility index (Phi) is 5.30. The van der Waals surface area contributed by atoms with Gasteiger partial charge in [0.1, 0.15) is 18.5 Å². The number of aromatic nitrogens is 1. The molecule has 2 saturated heterocycles. The first kappa shape index (κ1) is 20.8. The first-order chi connectivity index (χ1) is 15.5. The van der Waals surface area contributed by atoms with Crippen LogP contribution in [0.1, 0.15) is 43.2 Å². The molecule has 2 atom stereocenters. The van der Waals surface area contributed by atoms with E-state index in [0.29, 0.717) is 37.1 Å². The SMILES string of the molecule is N#Cc1ccc(N2C3CC[C@H]2CN(C(=O)COC2(c4ccc(F)c(F)c4)CCC2)C3)nc1. The Bertz CT molecular complexity index is 1050. The summed E-state index contributed by atoms with van der Waals surface area (Å²) in [5, 5.41) is 8.98. The number of anilines is 1. The molecule has 32 heavy (non-hydrogen) atoms. The van der Waals surface area contributed by atoms with Gasteiger partial charge in [0.2, 0.25) is 5.91 Å². The average Bonchev–Trinajstić information content (AvgIpc) is 3.04. The van der Waals surface area contributed by atoms with Crippen molar-refractivity contribution in [2.24, 2.45) is 0 Å². The minimum absolute atomic E-state index is 0.0758. The smallest absolute Gasteiger partial charge is 0.248 e. The number of benzene rings is 1. The maximum atomic E-state index is 13.7. The van der Waals surface area contributed by atoms with E-state index in [-0.39, 0.29) is 24.6 Å². The predicted octanol–water partition coefficient (Wildman–Crippen LogP) is 3.51. The topological polar surface area (TPSA) is 69.5 Å². The van der Waals surface area contributed by atoms with Gasteiger partial charge in [-0.15, -0.1) is 0 Å². The molecule has 2 aliphatic heterocycles. The van der Waals surface area contributed by atoms with Gasteiger partial charge in [0.05, 0.1) is 11.2 Å². The van der Waals surface area contributed by atoms with Crippen molar-refractivity contribution in [2.75, 3.05) is 24.6 Å². The van der Waals surface area contributed by atoms with Crippen LogP contribution >= 0.6 is 0 Å². The van der Waals surface area contributed by atoms with Crippen molar-refractivity contribution in [1.29, 1.82) is 5.26 Å². The van der Waals surface area contributed by atoms with Crippen molar-refractivity contribution in [1.82, 2.24) is 9.88 Å². The quantitative estimate of drug-likeness (QED) is 0.715. The van der Waals surface area contributed by atoms with Gasteiger partial charge in [0, 0.05) is 31.4 Å². The minimum Gasteiger partial charge on any atom is -0.360 e. The van der Waals surface area contributed by atoms with Crippen LogP contribution in [0.25, 0.3) is 0 Å². The van der Waals surface area contributed by atoms with Crippen LogP contribution in [0.2, 0.25) is 0 Å². The monoisotopic (exact) mass is 438 g/mol. The summed E-state index contributed by atoms with van der Waals surface area (Å²) in [7, 11) is 0. The lowest BCUT2D eigenvalue weighted by atomic mass is 9.75. The van der Waals surface area contributed by atoms with Crippen LogP contribution in [0.3, 0.4) is 0 Å². The lowest BCUT2D eigenvalue weighted by Gasteiger charge is -2.44. The number of nitrogens with zero attached hydrogens (tertiary/aromatic N) is 4. The van der Waals surface area contributed by atoms with Gasteiger partial charge < -0.3 is 14.5 Å². The third-order valence-electron chi connectivity index (χ3n) is 7.06. The zero-order valence-corrected chi connectivity index (χ0v) is 17.6. The number of likely N-dealkylation sites (tertiary alicyclic amines) is 1. The van der Waals surface area contributed by atoms with Crippen LogP contribution < -0.4 is 4.90 Å². The van der Waals surface area contributed by atoms with Gasteiger partial charge in [-0.2, -0.15) is 5.26 Å². The molecule has 1 amide bonds. The number of rotatable bonds is 5. The second-order valence-electron chi connectivity index (χ2n) is 8.87. The molecule has 166 valence electrons. The summed E-state index contributed by atoms with van der Waals surface area (Å²) in [6, 6.07) is 9.93. The van der Waals surface area contributed by atoms with Gasteiger partial charge in [0.25, 0.3) is 0 Å². The van der Waals surface area contributed by atoms with Crippen LogP contribution in [-0.2, 0) is 15.1 Å². The number of carbonyl (C=O) groups excluding carboxylic acids is 1. The molecule has 1 aliphatic carbocycles. The van der Waals surface area contributed by atoms with E-state index in [0.717, 1.165) is 31.1 Å². The molecule has 3 aliphatic rings. The summed E-state index contributed by atoms with van der Waals surface area (Å²) in [5.74, 6) is -1.02. The fourth-order valence-electron chi connectivity index (χ4n) is 5.17. The van der Waals surface area contributed by atoms with E-state index in [1.807, 2.05) is 11.0 Å². The number of amides is 1. The summed E-state index contributed by atoms with van der Waals surface area (Å²) in [6.07, 6.45) is 5.85. The highest BCUT2D eigenvalue weighted by atomic mass is 19.2. The molecule has 1 aromatic heterocycles. The molecule has 0 N–H and O–H groups in total. The molecular weight excluding hydrogens is 414 g/mol. The van der Waals surface area contributed by atoms with Gasteiger partial charge in [-0.05, 0) is 61.9 Å². The van der Waals surface area contributed by atoms with Gasteiger partial charge in [-0.25, -0.2) is 13.8 Å². The Hall–Kier alpha value is -3.05. The summed E-state index contributed by atoms with van der Waals surface area (Å²) >= 11 is 0. The van der Waals surface area contributed by atoms with E-state index >= 15 is 0 Å². The molecule has 8 heteroatoms. The third kappa shape index (κ3) is 3.61. The zero-order chi connectivity index (χ0) is 22.3. The van der Waals surface area contributed by atoms with Gasteiger partial charge >= 0.3 is 0 Å². The molecule has 5 rings (SSSR count). The van der Waals surface area contributed by atoms with Crippen molar-refractivity contribution in [2.45, 2.75) is 49.8 Å². The molecule has 1 unspecified atom stereocenters. The number of halogens is 2. The fourth-order valence-corrected chi connectivity index (χ4v) is 5.17. The molecule has 3 fully saturated rings. The maximum absolute atomic E-state index is 13.7. The third-order valence-corrected chi connectivity index (χ3v) is 7.06. The second kappa shape index (κ2) is 8.14.